The molecule has 70 valence electrons. The maximum atomic E-state index is 10.6. The van der Waals surface area contributed by atoms with E-state index in [4.69, 9.17) is 5.11 Å². The van der Waals surface area contributed by atoms with Gasteiger partial charge in [-0.1, -0.05) is 0 Å². The SMILES string of the molecule is C=N/C(C(=O)O)=C(\C)N1N=CCN1. The van der Waals surface area contributed by atoms with Crippen LogP contribution < -0.4 is 5.43 Å². The second-order valence-corrected chi connectivity index (χ2v) is 2.37. The Morgan fingerprint density at radius 2 is 2.54 bits per heavy atom. The fraction of sp³-hybridized carbons (Fsp3) is 0.286. The van der Waals surface area contributed by atoms with Gasteiger partial charge in [0.1, 0.15) is 0 Å². The molecule has 6 nitrogen and oxygen atoms in total. The first-order chi connectivity index (χ1) is 6.16. The number of hydrazine groups is 1. The third kappa shape index (κ3) is 1.91. The zero-order valence-corrected chi connectivity index (χ0v) is 7.19. The summed E-state index contributed by atoms with van der Waals surface area (Å²) >= 11 is 0. The van der Waals surface area contributed by atoms with Gasteiger partial charge in [0, 0.05) is 6.21 Å². The molecule has 1 aliphatic rings. The van der Waals surface area contributed by atoms with Crippen molar-refractivity contribution in [1.29, 1.82) is 0 Å². The average molecular weight is 182 g/mol. The van der Waals surface area contributed by atoms with Gasteiger partial charge in [-0.3, -0.25) is 4.99 Å². The van der Waals surface area contributed by atoms with Crippen LogP contribution in [0, 0.1) is 0 Å². The van der Waals surface area contributed by atoms with Gasteiger partial charge in [-0.15, -0.1) is 0 Å². The summed E-state index contributed by atoms with van der Waals surface area (Å²) in [6.07, 6.45) is 1.63. The number of rotatable bonds is 3. The fourth-order valence-corrected chi connectivity index (χ4v) is 0.933. The van der Waals surface area contributed by atoms with Gasteiger partial charge < -0.3 is 5.11 Å². The molecule has 0 radical (unpaired) electrons. The minimum Gasteiger partial charge on any atom is -0.476 e. The summed E-state index contributed by atoms with van der Waals surface area (Å²) in [5.74, 6) is -1.11. The number of nitrogens with one attached hydrogen (secondary N) is 1. The number of aliphatic carboxylic acids is 1. The van der Waals surface area contributed by atoms with Crippen LogP contribution in [0.1, 0.15) is 6.92 Å². The topological polar surface area (TPSA) is 77.3 Å². The summed E-state index contributed by atoms with van der Waals surface area (Å²) in [6, 6.07) is 0. The highest BCUT2D eigenvalue weighted by atomic mass is 16.4. The second kappa shape index (κ2) is 3.81. The number of nitrogens with zero attached hydrogens (tertiary/aromatic N) is 3. The lowest BCUT2D eigenvalue weighted by atomic mass is 10.3. The highest BCUT2D eigenvalue weighted by Gasteiger charge is 2.16. The molecule has 0 bridgehead atoms. The van der Waals surface area contributed by atoms with Crippen LogP contribution in [0.4, 0.5) is 0 Å². The second-order valence-electron chi connectivity index (χ2n) is 2.37. The Morgan fingerprint density at radius 3 is 2.92 bits per heavy atom. The number of allylic oxidation sites excluding steroid dienone is 1. The number of hydrogen-bond acceptors (Lipinski definition) is 5. The zero-order valence-electron chi connectivity index (χ0n) is 7.19. The number of carboxylic acid groups (broad SMARTS) is 1. The van der Waals surface area contributed by atoms with Crippen molar-refractivity contribution in [2.24, 2.45) is 10.1 Å². The molecule has 0 aliphatic carbocycles. The molecule has 0 aromatic heterocycles. The first kappa shape index (κ1) is 9.40. The molecule has 0 unspecified atom stereocenters. The number of hydrazone groups is 1. The van der Waals surface area contributed by atoms with Crippen LogP contribution in [0.25, 0.3) is 0 Å². The van der Waals surface area contributed by atoms with E-state index in [1.165, 1.54) is 5.12 Å². The number of carbonyl (C=O) groups is 1. The molecule has 0 fully saturated rings. The standard InChI is InChI=1S/C7H10N4O2/c1-5(6(8-2)7(12)13)11-9-3-4-10-11/h3,10H,2,4H2,1H3,(H,12,13)/b6-5+. The maximum absolute atomic E-state index is 10.6. The van der Waals surface area contributed by atoms with Gasteiger partial charge >= 0.3 is 5.97 Å². The van der Waals surface area contributed by atoms with Gasteiger partial charge in [0.05, 0.1) is 12.2 Å². The molecule has 1 rings (SSSR count). The Morgan fingerprint density at radius 1 is 1.85 bits per heavy atom. The normalized spacial score (nSPS) is 17.2. The van der Waals surface area contributed by atoms with Crippen LogP contribution in [0.3, 0.4) is 0 Å². The minimum atomic E-state index is -1.11. The van der Waals surface area contributed by atoms with Crippen molar-refractivity contribution in [3.05, 3.63) is 11.4 Å². The molecule has 0 saturated carbocycles. The van der Waals surface area contributed by atoms with Gasteiger partial charge in [-0.25, -0.2) is 10.2 Å². The van der Waals surface area contributed by atoms with Crippen LogP contribution in [-0.4, -0.2) is 35.7 Å². The quantitative estimate of drug-likeness (QED) is 0.468. The number of carboxylic acids is 1. The molecule has 0 aromatic rings. The Balaban J connectivity index is 2.92. The Hall–Kier alpha value is -1.69. The highest BCUT2D eigenvalue weighted by Crippen LogP contribution is 2.10. The van der Waals surface area contributed by atoms with Gasteiger partial charge in [0.2, 0.25) is 0 Å². The van der Waals surface area contributed by atoms with Crippen LogP contribution >= 0.6 is 0 Å². The first-order valence-electron chi connectivity index (χ1n) is 3.63. The summed E-state index contributed by atoms with van der Waals surface area (Å²) in [4.78, 5) is 14.0. The number of aliphatic imine (C=N–C) groups is 1. The van der Waals surface area contributed by atoms with Crippen LogP contribution in [0.5, 0.6) is 0 Å². The molecular weight excluding hydrogens is 172 g/mol. The molecule has 6 heteroatoms. The Bertz CT molecular complexity index is 295. The van der Waals surface area contributed by atoms with Crippen LogP contribution in [0.2, 0.25) is 0 Å². The van der Waals surface area contributed by atoms with E-state index in [0.29, 0.717) is 12.2 Å². The third-order valence-electron chi connectivity index (χ3n) is 1.55. The lowest BCUT2D eigenvalue weighted by Gasteiger charge is -2.14. The molecule has 0 aromatic carbocycles. The molecule has 1 aliphatic heterocycles. The number of hydrogen-bond donors (Lipinski definition) is 2. The van der Waals surface area contributed by atoms with Gasteiger partial charge in [-0.2, -0.15) is 10.2 Å². The first-order valence-corrected chi connectivity index (χ1v) is 3.63. The van der Waals surface area contributed by atoms with E-state index in [2.05, 4.69) is 22.2 Å². The summed E-state index contributed by atoms with van der Waals surface area (Å²) in [5, 5.41) is 13.9. The molecule has 13 heavy (non-hydrogen) atoms. The van der Waals surface area contributed by atoms with E-state index in [0.717, 1.165) is 0 Å². The lowest BCUT2D eigenvalue weighted by molar-refractivity contribution is -0.132. The van der Waals surface area contributed by atoms with Gasteiger partial charge in [0.25, 0.3) is 0 Å². The van der Waals surface area contributed by atoms with E-state index < -0.39 is 5.97 Å². The molecule has 0 amide bonds. The fourth-order valence-electron chi connectivity index (χ4n) is 0.933. The van der Waals surface area contributed by atoms with Crippen molar-refractivity contribution >= 4 is 18.9 Å². The smallest absolute Gasteiger partial charge is 0.356 e. The van der Waals surface area contributed by atoms with Gasteiger partial charge in [0.15, 0.2) is 5.70 Å². The summed E-state index contributed by atoms with van der Waals surface area (Å²) in [7, 11) is 0. The van der Waals surface area contributed by atoms with Crippen LogP contribution in [-0.2, 0) is 4.79 Å². The van der Waals surface area contributed by atoms with Crippen molar-refractivity contribution in [3.63, 3.8) is 0 Å². The molecule has 0 atom stereocenters. The Kier molecular flexibility index (Phi) is 2.76. The molecule has 2 N–H and O–H groups in total. The van der Waals surface area contributed by atoms with E-state index >= 15 is 0 Å². The van der Waals surface area contributed by atoms with Crippen LogP contribution in [0.15, 0.2) is 21.5 Å². The van der Waals surface area contributed by atoms with Gasteiger partial charge in [-0.05, 0) is 13.6 Å². The molecule has 0 spiro atoms. The minimum absolute atomic E-state index is 0.105. The third-order valence-corrected chi connectivity index (χ3v) is 1.55. The summed E-state index contributed by atoms with van der Waals surface area (Å²) in [6.45, 7) is 5.37. The monoisotopic (exact) mass is 182 g/mol. The summed E-state index contributed by atoms with van der Waals surface area (Å²) in [5.41, 5.74) is 3.14. The summed E-state index contributed by atoms with van der Waals surface area (Å²) < 4.78 is 0. The average Bonchev–Trinajstić information content (AvgIpc) is 2.56. The van der Waals surface area contributed by atoms with E-state index in [1.807, 2.05) is 0 Å². The predicted molar refractivity (Wildman–Crippen MR) is 48.2 cm³/mol. The molecule has 0 saturated heterocycles. The van der Waals surface area contributed by atoms with E-state index in [1.54, 1.807) is 13.1 Å². The van der Waals surface area contributed by atoms with Crippen molar-refractivity contribution in [3.8, 4) is 0 Å². The van der Waals surface area contributed by atoms with E-state index in [9.17, 15) is 4.79 Å². The highest BCUT2D eigenvalue weighted by molar-refractivity contribution is 5.87. The predicted octanol–water partition coefficient (Wildman–Crippen LogP) is -0.191. The van der Waals surface area contributed by atoms with Crippen molar-refractivity contribution in [2.75, 3.05) is 6.54 Å². The Labute approximate surface area is 75.2 Å². The van der Waals surface area contributed by atoms with Crippen molar-refractivity contribution < 1.29 is 9.90 Å². The molecule has 1 heterocycles. The largest absolute Gasteiger partial charge is 0.476 e. The van der Waals surface area contributed by atoms with E-state index in [-0.39, 0.29) is 5.70 Å². The van der Waals surface area contributed by atoms with Crippen molar-refractivity contribution in [1.82, 2.24) is 10.5 Å². The lowest BCUT2D eigenvalue weighted by Crippen LogP contribution is -2.28. The molecular formula is C7H10N4O2. The van der Waals surface area contributed by atoms with Crippen molar-refractivity contribution in [2.45, 2.75) is 6.92 Å². The zero-order chi connectivity index (χ0) is 9.84. The maximum Gasteiger partial charge on any atom is 0.356 e.